The number of hydrogen-bond donors (Lipinski definition) is 1. The molecule has 0 radical (unpaired) electrons. The summed E-state index contributed by atoms with van der Waals surface area (Å²) < 4.78 is 5.09. The largest absolute Gasteiger partial charge is 0.347 e. The molecular formula is C17H13ClN4O4. The third kappa shape index (κ3) is 4.04. The van der Waals surface area contributed by atoms with Crippen molar-refractivity contribution in [2.75, 3.05) is 0 Å². The lowest BCUT2D eigenvalue weighted by atomic mass is 10.1. The van der Waals surface area contributed by atoms with Crippen LogP contribution < -0.4 is 5.32 Å². The molecule has 0 aliphatic heterocycles. The second kappa shape index (κ2) is 7.75. The number of amides is 1. The first-order chi connectivity index (χ1) is 12.5. The van der Waals surface area contributed by atoms with Crippen molar-refractivity contribution < 1.29 is 14.2 Å². The van der Waals surface area contributed by atoms with Crippen molar-refractivity contribution in [1.29, 1.82) is 0 Å². The van der Waals surface area contributed by atoms with Crippen LogP contribution in [0.2, 0.25) is 5.02 Å². The van der Waals surface area contributed by atoms with Crippen LogP contribution in [-0.4, -0.2) is 21.0 Å². The molecule has 3 aromatic rings. The van der Waals surface area contributed by atoms with Crippen molar-refractivity contribution in [3.8, 4) is 11.4 Å². The second-order valence-electron chi connectivity index (χ2n) is 5.33. The highest BCUT2D eigenvalue weighted by molar-refractivity contribution is 6.33. The van der Waals surface area contributed by atoms with Gasteiger partial charge in [-0.25, -0.2) is 0 Å². The summed E-state index contributed by atoms with van der Waals surface area (Å²) in [6.07, 6.45) is -0.122. The summed E-state index contributed by atoms with van der Waals surface area (Å²) in [5, 5.41) is 17.9. The summed E-state index contributed by atoms with van der Waals surface area (Å²) in [6.45, 7) is 0.0108. The Hall–Kier alpha value is -3.26. The van der Waals surface area contributed by atoms with Gasteiger partial charge < -0.3 is 9.84 Å². The van der Waals surface area contributed by atoms with Crippen molar-refractivity contribution in [2.24, 2.45) is 0 Å². The molecule has 0 saturated heterocycles. The Labute approximate surface area is 152 Å². The normalized spacial score (nSPS) is 10.5. The number of halogens is 1. The van der Waals surface area contributed by atoms with E-state index in [9.17, 15) is 14.9 Å². The Kier molecular flexibility index (Phi) is 5.23. The Morgan fingerprint density at radius 3 is 2.69 bits per heavy atom. The minimum absolute atomic E-state index is 0.0108. The van der Waals surface area contributed by atoms with Crippen LogP contribution in [0.4, 0.5) is 5.69 Å². The van der Waals surface area contributed by atoms with Crippen LogP contribution >= 0.6 is 11.6 Å². The van der Waals surface area contributed by atoms with E-state index in [2.05, 4.69) is 15.5 Å². The fraction of sp³-hybridized carbons (Fsp3) is 0.118. The van der Waals surface area contributed by atoms with Crippen LogP contribution in [0, 0.1) is 10.1 Å². The smallest absolute Gasteiger partial charge is 0.273 e. The zero-order chi connectivity index (χ0) is 18.5. The van der Waals surface area contributed by atoms with Crippen LogP contribution in [0.1, 0.15) is 11.5 Å². The number of nitro groups is 1. The molecule has 9 heteroatoms. The Morgan fingerprint density at radius 1 is 1.19 bits per heavy atom. The van der Waals surface area contributed by atoms with Crippen molar-refractivity contribution in [1.82, 2.24) is 15.5 Å². The molecule has 26 heavy (non-hydrogen) atoms. The highest BCUT2D eigenvalue weighted by Gasteiger charge is 2.16. The number of para-hydroxylation sites is 1. The van der Waals surface area contributed by atoms with Gasteiger partial charge in [0, 0.05) is 17.2 Å². The number of aromatic nitrogens is 2. The molecule has 0 saturated carbocycles. The van der Waals surface area contributed by atoms with Crippen LogP contribution in [0.15, 0.2) is 53.1 Å². The van der Waals surface area contributed by atoms with Crippen molar-refractivity contribution >= 4 is 23.2 Å². The molecule has 0 spiro atoms. The number of nitro benzene ring substituents is 1. The van der Waals surface area contributed by atoms with E-state index < -0.39 is 10.8 Å². The molecule has 1 N–H and O–H groups in total. The fourth-order valence-corrected chi connectivity index (χ4v) is 2.55. The predicted octanol–water partition coefficient (Wildman–Crippen LogP) is 3.16. The summed E-state index contributed by atoms with van der Waals surface area (Å²) in [6, 6.07) is 13.1. The van der Waals surface area contributed by atoms with Gasteiger partial charge in [0.05, 0.1) is 22.9 Å². The van der Waals surface area contributed by atoms with Crippen LogP contribution in [0.3, 0.4) is 0 Å². The van der Waals surface area contributed by atoms with Crippen LogP contribution in [-0.2, 0) is 17.8 Å². The topological polar surface area (TPSA) is 111 Å². The standard InChI is InChI=1S/C17H13ClN4O4/c18-13-7-3-2-6-12(13)17-20-16(26-21-17)10-19-15(23)9-11-5-1-4-8-14(11)22(24)25/h1-8H,9-10H2,(H,19,23). The van der Waals surface area contributed by atoms with Gasteiger partial charge >= 0.3 is 0 Å². The van der Waals surface area contributed by atoms with Crippen LogP contribution in [0.25, 0.3) is 11.4 Å². The first kappa shape index (κ1) is 17.6. The lowest BCUT2D eigenvalue weighted by molar-refractivity contribution is -0.385. The van der Waals surface area contributed by atoms with Crippen molar-refractivity contribution in [2.45, 2.75) is 13.0 Å². The molecule has 132 valence electrons. The van der Waals surface area contributed by atoms with E-state index in [-0.39, 0.29) is 24.5 Å². The Morgan fingerprint density at radius 2 is 1.92 bits per heavy atom. The maximum absolute atomic E-state index is 12.0. The van der Waals surface area contributed by atoms with E-state index >= 15 is 0 Å². The first-order valence-corrected chi connectivity index (χ1v) is 7.99. The van der Waals surface area contributed by atoms with E-state index in [1.165, 1.54) is 6.07 Å². The molecule has 1 heterocycles. The molecule has 2 aromatic carbocycles. The number of carbonyl (C=O) groups excluding carboxylic acids is 1. The minimum Gasteiger partial charge on any atom is -0.347 e. The molecular weight excluding hydrogens is 360 g/mol. The third-order valence-electron chi connectivity index (χ3n) is 3.56. The molecule has 3 rings (SSSR count). The number of nitrogens with one attached hydrogen (secondary N) is 1. The zero-order valence-electron chi connectivity index (χ0n) is 13.4. The Balaban J connectivity index is 1.63. The number of benzene rings is 2. The molecule has 0 bridgehead atoms. The number of nitrogens with zero attached hydrogens (tertiary/aromatic N) is 3. The summed E-state index contributed by atoms with van der Waals surface area (Å²) >= 11 is 6.08. The molecule has 0 aliphatic rings. The minimum atomic E-state index is -0.517. The maximum Gasteiger partial charge on any atom is 0.273 e. The summed E-state index contributed by atoms with van der Waals surface area (Å²) in [5.74, 6) is 0.131. The van der Waals surface area contributed by atoms with E-state index in [0.717, 1.165) is 0 Å². The summed E-state index contributed by atoms with van der Waals surface area (Å²) in [4.78, 5) is 26.7. The first-order valence-electron chi connectivity index (χ1n) is 7.61. The van der Waals surface area contributed by atoms with Crippen molar-refractivity contribution in [3.05, 3.63) is 75.1 Å². The average Bonchev–Trinajstić information content (AvgIpc) is 3.09. The molecule has 1 amide bonds. The van der Waals surface area contributed by atoms with Gasteiger partial charge in [-0.2, -0.15) is 4.98 Å². The van der Waals surface area contributed by atoms with E-state index in [1.807, 2.05) is 0 Å². The summed E-state index contributed by atoms with van der Waals surface area (Å²) in [7, 11) is 0. The van der Waals surface area contributed by atoms with Gasteiger partial charge in [-0.15, -0.1) is 0 Å². The molecule has 0 aliphatic carbocycles. The van der Waals surface area contributed by atoms with Crippen molar-refractivity contribution in [3.63, 3.8) is 0 Å². The lowest BCUT2D eigenvalue weighted by Crippen LogP contribution is -2.25. The Bertz CT molecular complexity index is 957. The molecule has 0 fully saturated rings. The second-order valence-corrected chi connectivity index (χ2v) is 5.74. The lowest BCUT2D eigenvalue weighted by Gasteiger charge is -2.03. The SMILES string of the molecule is O=C(Cc1ccccc1[N+](=O)[O-])NCc1nc(-c2ccccc2Cl)no1. The molecule has 0 unspecified atom stereocenters. The monoisotopic (exact) mass is 372 g/mol. The van der Waals surface area contributed by atoms with E-state index in [0.29, 0.717) is 22.0 Å². The van der Waals surface area contributed by atoms with Crippen LogP contribution in [0.5, 0.6) is 0 Å². The molecule has 0 atom stereocenters. The van der Waals surface area contributed by atoms with Gasteiger partial charge in [-0.3, -0.25) is 14.9 Å². The highest BCUT2D eigenvalue weighted by atomic mass is 35.5. The van der Waals surface area contributed by atoms with Gasteiger partial charge in [-0.05, 0) is 12.1 Å². The van der Waals surface area contributed by atoms with Gasteiger partial charge in [0.25, 0.3) is 5.69 Å². The van der Waals surface area contributed by atoms with E-state index in [4.69, 9.17) is 16.1 Å². The molecule has 8 nitrogen and oxygen atoms in total. The van der Waals surface area contributed by atoms with Gasteiger partial charge in [0.15, 0.2) is 0 Å². The molecule has 1 aromatic heterocycles. The third-order valence-corrected chi connectivity index (χ3v) is 3.89. The maximum atomic E-state index is 12.0. The quantitative estimate of drug-likeness (QED) is 0.525. The van der Waals surface area contributed by atoms with Gasteiger partial charge in [0.2, 0.25) is 17.6 Å². The number of rotatable bonds is 6. The fourth-order valence-electron chi connectivity index (χ4n) is 2.33. The zero-order valence-corrected chi connectivity index (χ0v) is 14.1. The summed E-state index contributed by atoms with van der Waals surface area (Å²) in [5.41, 5.74) is 0.856. The number of hydrogen-bond acceptors (Lipinski definition) is 6. The van der Waals surface area contributed by atoms with E-state index in [1.54, 1.807) is 42.5 Å². The van der Waals surface area contributed by atoms with Gasteiger partial charge in [0.1, 0.15) is 0 Å². The average molecular weight is 373 g/mol. The predicted molar refractivity (Wildman–Crippen MR) is 93.4 cm³/mol. The number of carbonyl (C=O) groups is 1. The van der Waals surface area contributed by atoms with Gasteiger partial charge in [-0.1, -0.05) is 47.1 Å². The highest BCUT2D eigenvalue weighted by Crippen LogP contribution is 2.24.